The third-order valence-corrected chi connectivity index (χ3v) is 5.39. The first-order chi connectivity index (χ1) is 11.1. The molecule has 2 aromatic carbocycles. The number of amides is 1. The summed E-state index contributed by atoms with van der Waals surface area (Å²) >= 11 is 8.99. The highest BCUT2D eigenvalue weighted by atomic mass is 35.5. The summed E-state index contributed by atoms with van der Waals surface area (Å²) in [7, 11) is 0. The SMILES string of the molecule is Cc1ccc(CSCC(=O)Nc2nc3ccc(Cl)cc3s2)cc1. The van der Waals surface area contributed by atoms with Gasteiger partial charge >= 0.3 is 0 Å². The molecular weight excluding hydrogens is 348 g/mol. The normalized spacial score (nSPS) is 10.9. The molecule has 0 aliphatic rings. The summed E-state index contributed by atoms with van der Waals surface area (Å²) in [6.45, 7) is 2.07. The smallest absolute Gasteiger partial charge is 0.236 e. The van der Waals surface area contributed by atoms with Gasteiger partial charge in [0.2, 0.25) is 5.91 Å². The fraction of sp³-hybridized carbons (Fsp3) is 0.176. The van der Waals surface area contributed by atoms with Crippen LogP contribution in [0.15, 0.2) is 42.5 Å². The Labute approximate surface area is 148 Å². The van der Waals surface area contributed by atoms with Gasteiger partial charge < -0.3 is 5.32 Å². The first-order valence-electron chi connectivity index (χ1n) is 7.09. The highest BCUT2D eigenvalue weighted by Crippen LogP contribution is 2.28. The maximum atomic E-state index is 12.0. The van der Waals surface area contributed by atoms with Crippen LogP contribution in [0.1, 0.15) is 11.1 Å². The predicted molar refractivity (Wildman–Crippen MR) is 101 cm³/mol. The number of aryl methyl sites for hydroxylation is 1. The monoisotopic (exact) mass is 362 g/mol. The number of anilines is 1. The fourth-order valence-electron chi connectivity index (χ4n) is 2.05. The standard InChI is InChI=1S/C17H15ClN2OS2/c1-11-2-4-12(5-3-11)9-22-10-16(21)20-17-19-14-7-6-13(18)8-15(14)23-17/h2-8H,9-10H2,1H3,(H,19,20,21). The molecule has 0 aliphatic carbocycles. The lowest BCUT2D eigenvalue weighted by molar-refractivity contribution is -0.113. The van der Waals surface area contributed by atoms with Gasteiger partial charge in [0.1, 0.15) is 0 Å². The van der Waals surface area contributed by atoms with Crippen molar-refractivity contribution in [2.45, 2.75) is 12.7 Å². The van der Waals surface area contributed by atoms with Crippen molar-refractivity contribution in [3.05, 3.63) is 58.6 Å². The number of thioether (sulfide) groups is 1. The molecule has 1 aromatic heterocycles. The Kier molecular flexibility index (Phi) is 5.20. The number of halogens is 1. The summed E-state index contributed by atoms with van der Waals surface area (Å²) in [6.07, 6.45) is 0. The molecule has 0 atom stereocenters. The number of thiazole rings is 1. The number of nitrogens with one attached hydrogen (secondary N) is 1. The number of aromatic nitrogens is 1. The molecule has 3 rings (SSSR count). The minimum atomic E-state index is -0.0349. The molecule has 1 N–H and O–H groups in total. The molecule has 0 fully saturated rings. The Bertz CT molecular complexity index is 830. The summed E-state index contributed by atoms with van der Waals surface area (Å²) in [6, 6.07) is 13.9. The van der Waals surface area contributed by atoms with E-state index in [9.17, 15) is 4.79 Å². The van der Waals surface area contributed by atoms with Gasteiger partial charge in [0, 0.05) is 10.8 Å². The number of carbonyl (C=O) groups excluding carboxylic acids is 1. The Balaban J connectivity index is 1.53. The van der Waals surface area contributed by atoms with E-state index in [2.05, 4.69) is 41.5 Å². The van der Waals surface area contributed by atoms with Crippen LogP contribution in [0, 0.1) is 6.92 Å². The second kappa shape index (κ2) is 7.34. The van der Waals surface area contributed by atoms with Gasteiger partial charge in [0.25, 0.3) is 0 Å². The Morgan fingerprint density at radius 3 is 2.83 bits per heavy atom. The van der Waals surface area contributed by atoms with E-state index < -0.39 is 0 Å². The van der Waals surface area contributed by atoms with Gasteiger partial charge in [0.15, 0.2) is 5.13 Å². The van der Waals surface area contributed by atoms with Crippen LogP contribution >= 0.6 is 34.7 Å². The molecule has 1 heterocycles. The van der Waals surface area contributed by atoms with Gasteiger partial charge in [0.05, 0.1) is 16.0 Å². The molecule has 0 saturated carbocycles. The van der Waals surface area contributed by atoms with Crippen molar-refractivity contribution >= 4 is 56.0 Å². The average Bonchev–Trinajstić information content (AvgIpc) is 2.90. The zero-order valence-corrected chi connectivity index (χ0v) is 14.9. The molecular formula is C17H15ClN2OS2. The highest BCUT2D eigenvalue weighted by molar-refractivity contribution is 7.99. The zero-order valence-electron chi connectivity index (χ0n) is 12.5. The summed E-state index contributed by atoms with van der Waals surface area (Å²) in [5, 5.41) is 4.14. The van der Waals surface area contributed by atoms with Gasteiger partial charge in [-0.1, -0.05) is 52.8 Å². The van der Waals surface area contributed by atoms with Crippen LogP contribution in [0.2, 0.25) is 5.02 Å². The third kappa shape index (κ3) is 4.47. The van der Waals surface area contributed by atoms with E-state index in [0.29, 0.717) is 15.9 Å². The second-order valence-electron chi connectivity index (χ2n) is 5.16. The van der Waals surface area contributed by atoms with Gasteiger partial charge in [-0.15, -0.1) is 11.8 Å². The largest absolute Gasteiger partial charge is 0.301 e. The fourth-order valence-corrected chi connectivity index (χ4v) is 4.00. The lowest BCUT2D eigenvalue weighted by Crippen LogP contribution is -2.13. The van der Waals surface area contributed by atoms with E-state index in [-0.39, 0.29) is 5.91 Å². The van der Waals surface area contributed by atoms with Gasteiger partial charge in [-0.2, -0.15) is 0 Å². The first kappa shape index (κ1) is 16.3. The molecule has 3 aromatic rings. The van der Waals surface area contributed by atoms with Crippen LogP contribution in [-0.2, 0) is 10.5 Å². The van der Waals surface area contributed by atoms with Crippen molar-refractivity contribution in [3.63, 3.8) is 0 Å². The van der Waals surface area contributed by atoms with Crippen LogP contribution in [0.4, 0.5) is 5.13 Å². The molecule has 0 bridgehead atoms. The molecule has 0 unspecified atom stereocenters. The van der Waals surface area contributed by atoms with Gasteiger partial charge in [-0.25, -0.2) is 4.98 Å². The lowest BCUT2D eigenvalue weighted by atomic mass is 10.2. The molecule has 0 saturated heterocycles. The molecule has 1 amide bonds. The van der Waals surface area contributed by atoms with Crippen molar-refractivity contribution in [2.24, 2.45) is 0 Å². The van der Waals surface area contributed by atoms with Crippen molar-refractivity contribution in [3.8, 4) is 0 Å². The molecule has 0 aliphatic heterocycles. The van der Waals surface area contributed by atoms with E-state index in [1.165, 1.54) is 22.5 Å². The molecule has 23 heavy (non-hydrogen) atoms. The highest BCUT2D eigenvalue weighted by Gasteiger charge is 2.08. The first-order valence-corrected chi connectivity index (χ1v) is 9.44. The topological polar surface area (TPSA) is 42.0 Å². The average molecular weight is 363 g/mol. The number of benzene rings is 2. The molecule has 6 heteroatoms. The van der Waals surface area contributed by atoms with Crippen LogP contribution in [0.25, 0.3) is 10.2 Å². The Morgan fingerprint density at radius 1 is 1.26 bits per heavy atom. The Morgan fingerprint density at radius 2 is 2.04 bits per heavy atom. The quantitative estimate of drug-likeness (QED) is 0.684. The summed E-state index contributed by atoms with van der Waals surface area (Å²) in [5.41, 5.74) is 3.32. The molecule has 0 spiro atoms. The minimum Gasteiger partial charge on any atom is -0.301 e. The number of hydrogen-bond acceptors (Lipinski definition) is 4. The van der Waals surface area contributed by atoms with E-state index in [0.717, 1.165) is 16.0 Å². The van der Waals surface area contributed by atoms with Crippen molar-refractivity contribution in [2.75, 3.05) is 11.1 Å². The van der Waals surface area contributed by atoms with Crippen molar-refractivity contribution in [1.29, 1.82) is 0 Å². The van der Waals surface area contributed by atoms with Gasteiger partial charge in [-0.3, -0.25) is 4.79 Å². The van der Waals surface area contributed by atoms with Gasteiger partial charge in [-0.05, 0) is 30.7 Å². The molecule has 118 valence electrons. The molecule has 0 radical (unpaired) electrons. The van der Waals surface area contributed by atoms with E-state index >= 15 is 0 Å². The maximum Gasteiger partial charge on any atom is 0.236 e. The molecule has 3 nitrogen and oxygen atoms in total. The summed E-state index contributed by atoms with van der Waals surface area (Å²) < 4.78 is 0.972. The number of rotatable bonds is 5. The van der Waals surface area contributed by atoms with E-state index in [1.807, 2.05) is 12.1 Å². The number of nitrogens with zero attached hydrogens (tertiary/aromatic N) is 1. The van der Waals surface area contributed by atoms with Crippen LogP contribution < -0.4 is 5.32 Å². The number of carbonyl (C=O) groups is 1. The minimum absolute atomic E-state index is 0.0349. The maximum absolute atomic E-state index is 12.0. The van der Waals surface area contributed by atoms with Crippen molar-refractivity contribution in [1.82, 2.24) is 4.98 Å². The summed E-state index contributed by atoms with van der Waals surface area (Å²) in [4.78, 5) is 16.4. The Hall–Kier alpha value is -1.56. The number of hydrogen-bond donors (Lipinski definition) is 1. The van der Waals surface area contributed by atoms with E-state index in [1.54, 1.807) is 17.8 Å². The van der Waals surface area contributed by atoms with Crippen LogP contribution in [0.5, 0.6) is 0 Å². The summed E-state index contributed by atoms with van der Waals surface area (Å²) in [5.74, 6) is 1.19. The van der Waals surface area contributed by atoms with E-state index in [4.69, 9.17) is 11.6 Å². The third-order valence-electron chi connectivity index (χ3n) is 3.22. The predicted octanol–water partition coefficient (Wildman–Crippen LogP) is 5.13. The lowest BCUT2D eigenvalue weighted by Gasteiger charge is -2.03. The van der Waals surface area contributed by atoms with Crippen molar-refractivity contribution < 1.29 is 4.79 Å². The van der Waals surface area contributed by atoms with Crippen LogP contribution in [0.3, 0.4) is 0 Å². The van der Waals surface area contributed by atoms with Crippen LogP contribution in [-0.4, -0.2) is 16.6 Å². The second-order valence-corrected chi connectivity index (χ2v) is 7.61. The number of fused-ring (bicyclic) bond motifs is 1. The zero-order chi connectivity index (χ0) is 16.2.